The van der Waals surface area contributed by atoms with Crippen molar-refractivity contribution in [3.05, 3.63) is 34.9 Å². The zero-order valence-electron chi connectivity index (χ0n) is 7.31. The molecule has 1 unspecified atom stereocenters. The molecule has 0 fully saturated rings. The number of hydrogen-bond donors (Lipinski definition) is 1. The van der Waals surface area contributed by atoms with Gasteiger partial charge in [0.1, 0.15) is 0 Å². The fourth-order valence-electron chi connectivity index (χ4n) is 0.867. The molecule has 15 heavy (non-hydrogen) atoms. The highest BCUT2D eigenvalue weighted by Gasteiger charge is 2.20. The van der Waals surface area contributed by atoms with E-state index >= 15 is 0 Å². The number of benzene rings is 1. The van der Waals surface area contributed by atoms with E-state index in [0.717, 1.165) is 0 Å². The first-order valence-electron chi connectivity index (χ1n) is 3.84. The number of rotatable bonds is 2. The van der Waals surface area contributed by atoms with Crippen molar-refractivity contribution in [2.45, 2.75) is 5.56 Å². The molecule has 0 bridgehead atoms. The van der Waals surface area contributed by atoms with Gasteiger partial charge in [-0.3, -0.25) is 0 Å². The number of carboxylic acids is 1. The summed E-state index contributed by atoms with van der Waals surface area (Å²) in [6.07, 6.45) is 0. The van der Waals surface area contributed by atoms with E-state index < -0.39 is 17.5 Å². The van der Waals surface area contributed by atoms with Gasteiger partial charge in [-0.05, 0) is 6.07 Å². The van der Waals surface area contributed by atoms with E-state index in [1.165, 1.54) is 6.07 Å². The Morgan fingerprint density at radius 1 is 1.33 bits per heavy atom. The third kappa shape index (κ3) is 3.11. The molecule has 0 aliphatic heterocycles. The van der Waals surface area contributed by atoms with Crippen molar-refractivity contribution in [1.29, 1.82) is 0 Å². The van der Waals surface area contributed by atoms with E-state index in [9.17, 15) is 9.59 Å². The summed E-state index contributed by atoms with van der Waals surface area (Å²) in [5, 5.41) is 8.58. The summed E-state index contributed by atoms with van der Waals surface area (Å²) in [7, 11) is 0. The minimum absolute atomic E-state index is 0.302. The zero-order valence-corrected chi connectivity index (χ0v) is 8.83. The second-order valence-corrected chi connectivity index (χ2v) is 3.35. The summed E-state index contributed by atoms with van der Waals surface area (Å²) in [5.41, 5.74) is -0.863. The van der Waals surface area contributed by atoms with Gasteiger partial charge in [0.2, 0.25) is 5.56 Å². The van der Waals surface area contributed by atoms with Crippen LogP contribution in [0.3, 0.4) is 0 Å². The summed E-state index contributed by atoms with van der Waals surface area (Å²) in [4.78, 5) is 20.9. The Labute approximate surface area is 95.4 Å². The van der Waals surface area contributed by atoms with Crippen LogP contribution in [0.5, 0.6) is 0 Å². The molecule has 6 heteroatoms. The van der Waals surface area contributed by atoms with E-state index in [0.29, 0.717) is 10.6 Å². The Kier molecular flexibility index (Phi) is 3.94. The smallest absolute Gasteiger partial charge is 0.419 e. The second kappa shape index (κ2) is 5.00. The Bertz CT molecular complexity index is 391. The fraction of sp³-hybridized carbons (Fsp3) is 0.111. The van der Waals surface area contributed by atoms with E-state index in [1.54, 1.807) is 18.2 Å². The summed E-state index contributed by atoms with van der Waals surface area (Å²) in [5.74, 6) is -3.12. The van der Waals surface area contributed by atoms with Crippen LogP contribution in [0.2, 0.25) is 5.02 Å². The monoisotopic (exact) mass is 248 g/mol. The Hall–Kier alpha value is -1.26. The molecule has 0 aliphatic rings. The molecule has 0 saturated heterocycles. The fourth-order valence-corrected chi connectivity index (χ4v) is 1.43. The van der Waals surface area contributed by atoms with E-state index in [1.807, 2.05) is 0 Å². The highest BCUT2D eigenvalue weighted by atomic mass is 35.5. The van der Waals surface area contributed by atoms with Crippen molar-refractivity contribution in [2.75, 3.05) is 0 Å². The first-order valence-corrected chi connectivity index (χ1v) is 4.66. The predicted molar refractivity (Wildman–Crippen MR) is 53.8 cm³/mol. The van der Waals surface area contributed by atoms with E-state index in [-0.39, 0.29) is 0 Å². The molecule has 1 aromatic carbocycles. The quantitative estimate of drug-likeness (QED) is 0.495. The lowest BCUT2D eigenvalue weighted by Crippen LogP contribution is -2.17. The molecule has 4 nitrogen and oxygen atoms in total. The number of ether oxygens (including phenoxy) is 1. The summed E-state index contributed by atoms with van der Waals surface area (Å²) < 4.78 is 4.42. The van der Waals surface area contributed by atoms with Crippen LogP contribution < -0.4 is 0 Å². The molecule has 80 valence electrons. The molecule has 1 aromatic rings. The number of carbonyl (C=O) groups excluding carboxylic acids is 1. The van der Waals surface area contributed by atoms with Gasteiger partial charge in [0.25, 0.3) is 0 Å². The average Bonchev–Trinajstić information content (AvgIpc) is 2.18. The third-order valence-corrected chi connectivity index (χ3v) is 2.20. The predicted octanol–water partition coefficient (Wildman–Crippen LogP) is 2.21. The maximum atomic E-state index is 10.7. The molecule has 0 aromatic heterocycles. The largest absolute Gasteiger partial charge is 0.473 e. The number of esters is 1. The van der Waals surface area contributed by atoms with Crippen LogP contribution >= 0.6 is 23.2 Å². The van der Waals surface area contributed by atoms with Crippen LogP contribution in [0.15, 0.2) is 24.3 Å². The van der Waals surface area contributed by atoms with Crippen LogP contribution in [0.25, 0.3) is 0 Å². The normalized spacial score (nSPS) is 11.9. The molecule has 0 spiro atoms. The molecule has 0 saturated carbocycles. The molecule has 0 amide bonds. The maximum Gasteiger partial charge on any atom is 0.419 e. The number of hydrogen-bond acceptors (Lipinski definition) is 3. The lowest BCUT2D eigenvalue weighted by Gasteiger charge is -2.10. The molecule has 0 aliphatic carbocycles. The number of halogens is 2. The Morgan fingerprint density at radius 3 is 2.47 bits per heavy atom. The van der Waals surface area contributed by atoms with E-state index in [2.05, 4.69) is 4.74 Å². The molecule has 1 N–H and O–H groups in total. The van der Waals surface area contributed by atoms with Gasteiger partial charge in [0.15, 0.2) is 0 Å². The lowest BCUT2D eigenvalue weighted by molar-refractivity contribution is -0.165. The lowest BCUT2D eigenvalue weighted by atomic mass is 10.2. The number of aliphatic carboxylic acids is 1. The van der Waals surface area contributed by atoms with Gasteiger partial charge in [0, 0.05) is 10.6 Å². The van der Waals surface area contributed by atoms with Crippen molar-refractivity contribution in [3.63, 3.8) is 0 Å². The summed E-state index contributed by atoms with van der Waals surface area (Å²) in [6, 6.07) is 6.41. The minimum Gasteiger partial charge on any atom is -0.473 e. The topological polar surface area (TPSA) is 63.6 Å². The van der Waals surface area contributed by atoms with Gasteiger partial charge in [0.05, 0.1) is 0 Å². The molecular formula is C9H6Cl2O4. The van der Waals surface area contributed by atoms with Crippen LogP contribution in [-0.2, 0) is 14.3 Å². The van der Waals surface area contributed by atoms with Crippen LogP contribution in [0.1, 0.15) is 11.1 Å². The minimum atomic E-state index is -1.70. The molecule has 0 radical (unpaired) electrons. The molecular weight excluding hydrogens is 243 g/mol. The standard InChI is InChI=1S/C9H6Cl2O4/c10-6-4-2-1-3-5(6)7(11)15-9(14)8(12)13/h1-4,7H,(H,12,13). The van der Waals surface area contributed by atoms with Gasteiger partial charge in [-0.2, -0.15) is 0 Å². The average molecular weight is 249 g/mol. The number of carbonyl (C=O) groups is 2. The summed E-state index contributed by atoms with van der Waals surface area (Å²) >= 11 is 11.4. The highest BCUT2D eigenvalue weighted by molar-refractivity contribution is 6.33. The molecule has 1 rings (SSSR count). The van der Waals surface area contributed by atoms with Gasteiger partial charge < -0.3 is 9.84 Å². The molecule has 0 heterocycles. The van der Waals surface area contributed by atoms with Crippen molar-refractivity contribution in [1.82, 2.24) is 0 Å². The molecule has 1 atom stereocenters. The van der Waals surface area contributed by atoms with Crippen LogP contribution in [-0.4, -0.2) is 17.0 Å². The van der Waals surface area contributed by atoms with Crippen molar-refractivity contribution in [3.8, 4) is 0 Å². The highest BCUT2D eigenvalue weighted by Crippen LogP contribution is 2.28. The summed E-state index contributed by atoms with van der Waals surface area (Å²) in [6.45, 7) is 0. The van der Waals surface area contributed by atoms with E-state index in [4.69, 9.17) is 28.3 Å². The van der Waals surface area contributed by atoms with Crippen LogP contribution in [0, 0.1) is 0 Å². The van der Waals surface area contributed by atoms with Crippen molar-refractivity contribution < 1.29 is 19.4 Å². The van der Waals surface area contributed by atoms with Crippen LogP contribution in [0.4, 0.5) is 0 Å². The first kappa shape index (κ1) is 11.8. The Balaban J connectivity index is 2.78. The second-order valence-electron chi connectivity index (χ2n) is 2.55. The number of alkyl halides is 1. The Morgan fingerprint density at radius 2 is 1.93 bits per heavy atom. The van der Waals surface area contributed by atoms with Crippen molar-refractivity contribution >= 4 is 35.1 Å². The van der Waals surface area contributed by atoms with Crippen molar-refractivity contribution in [2.24, 2.45) is 0 Å². The third-order valence-electron chi connectivity index (χ3n) is 1.53. The van der Waals surface area contributed by atoms with Gasteiger partial charge in [-0.25, -0.2) is 9.59 Å². The SMILES string of the molecule is O=C(O)C(=O)OC(Cl)c1ccccc1Cl. The van der Waals surface area contributed by atoms with Gasteiger partial charge in [-0.15, -0.1) is 0 Å². The van der Waals surface area contributed by atoms with Gasteiger partial charge in [-0.1, -0.05) is 41.4 Å². The number of carboxylic acid groups (broad SMARTS) is 1. The zero-order chi connectivity index (χ0) is 11.4. The maximum absolute atomic E-state index is 10.7. The van der Waals surface area contributed by atoms with Gasteiger partial charge >= 0.3 is 11.9 Å². The first-order chi connectivity index (χ1) is 7.02.